The topological polar surface area (TPSA) is 75.4 Å². The highest BCUT2D eigenvalue weighted by molar-refractivity contribution is 7.20. The number of nitrogens with two attached hydrogens (primary N) is 1. The lowest BCUT2D eigenvalue weighted by atomic mass is 10.2. The fourth-order valence-corrected chi connectivity index (χ4v) is 3.68. The zero-order chi connectivity index (χ0) is 15.0. The molecule has 2 amide bonds. The van der Waals surface area contributed by atoms with Crippen LogP contribution in [0.4, 0.5) is 5.69 Å². The second-order valence-electron chi connectivity index (χ2n) is 5.35. The lowest BCUT2D eigenvalue weighted by Gasteiger charge is -2.15. The summed E-state index contributed by atoms with van der Waals surface area (Å²) in [6.07, 6.45) is 0.809. The van der Waals surface area contributed by atoms with Crippen molar-refractivity contribution < 1.29 is 9.59 Å². The number of carbonyl (C=O) groups is 2. The number of hydrogen-bond acceptors (Lipinski definition) is 4. The zero-order valence-corrected chi connectivity index (χ0v) is 12.6. The predicted molar refractivity (Wildman–Crippen MR) is 84.4 cm³/mol. The van der Waals surface area contributed by atoms with Gasteiger partial charge < -0.3 is 16.0 Å². The van der Waals surface area contributed by atoms with Crippen LogP contribution in [0.15, 0.2) is 24.3 Å². The zero-order valence-electron chi connectivity index (χ0n) is 11.8. The summed E-state index contributed by atoms with van der Waals surface area (Å²) in [4.78, 5) is 26.1. The number of nitrogens with zero attached hydrogens (tertiary/aromatic N) is 1. The van der Waals surface area contributed by atoms with Gasteiger partial charge in [-0.15, -0.1) is 11.3 Å². The summed E-state index contributed by atoms with van der Waals surface area (Å²) < 4.78 is 1.06. The van der Waals surface area contributed by atoms with E-state index in [-0.39, 0.29) is 17.9 Å². The number of anilines is 1. The molecule has 2 heterocycles. The second kappa shape index (κ2) is 5.37. The molecule has 0 aliphatic carbocycles. The third-order valence-corrected chi connectivity index (χ3v) is 4.74. The Morgan fingerprint density at radius 1 is 1.38 bits per heavy atom. The molecule has 1 atom stereocenters. The van der Waals surface area contributed by atoms with Crippen molar-refractivity contribution in [2.75, 3.05) is 18.8 Å². The van der Waals surface area contributed by atoms with Gasteiger partial charge in [0.25, 0.3) is 5.91 Å². The van der Waals surface area contributed by atoms with Gasteiger partial charge in [0, 0.05) is 36.4 Å². The first kappa shape index (κ1) is 13.9. The smallest absolute Gasteiger partial charge is 0.264 e. The molecule has 3 N–H and O–H groups in total. The number of rotatable bonds is 2. The standard InChI is InChI=1S/C15H17N3O2S/c1-9(19)17-12-4-5-18(8-12)15(20)14-7-10-6-11(16)2-3-13(10)21-14/h2-3,6-7,12H,4-5,8,16H2,1H3,(H,17,19). The highest BCUT2D eigenvalue weighted by Crippen LogP contribution is 2.29. The molecule has 5 nitrogen and oxygen atoms in total. The summed E-state index contributed by atoms with van der Waals surface area (Å²) in [5.41, 5.74) is 6.47. The number of nitrogens with one attached hydrogen (secondary N) is 1. The maximum Gasteiger partial charge on any atom is 0.264 e. The third kappa shape index (κ3) is 2.85. The van der Waals surface area contributed by atoms with Crippen molar-refractivity contribution in [2.45, 2.75) is 19.4 Å². The molecule has 0 radical (unpaired) electrons. The highest BCUT2D eigenvalue weighted by Gasteiger charge is 2.28. The number of amides is 2. The number of likely N-dealkylation sites (tertiary alicyclic amines) is 1. The van der Waals surface area contributed by atoms with Gasteiger partial charge in [0.15, 0.2) is 0 Å². The first-order valence-corrected chi connectivity index (χ1v) is 7.70. The van der Waals surface area contributed by atoms with E-state index in [2.05, 4.69) is 5.32 Å². The van der Waals surface area contributed by atoms with Crippen molar-refractivity contribution >= 4 is 38.9 Å². The van der Waals surface area contributed by atoms with Crippen LogP contribution in [0.25, 0.3) is 10.1 Å². The predicted octanol–water partition coefficient (Wildman–Crippen LogP) is 1.83. The van der Waals surface area contributed by atoms with Gasteiger partial charge in [-0.05, 0) is 36.1 Å². The molecule has 0 saturated carbocycles. The SMILES string of the molecule is CC(=O)NC1CCN(C(=O)c2cc3cc(N)ccc3s2)C1. The van der Waals surface area contributed by atoms with Gasteiger partial charge in [-0.2, -0.15) is 0 Å². The molecule has 1 aliphatic rings. The van der Waals surface area contributed by atoms with Crippen LogP contribution in [-0.4, -0.2) is 35.8 Å². The molecule has 2 aromatic rings. The molecule has 1 unspecified atom stereocenters. The average molecular weight is 303 g/mol. The van der Waals surface area contributed by atoms with E-state index in [1.807, 2.05) is 24.3 Å². The minimum atomic E-state index is -0.0494. The van der Waals surface area contributed by atoms with Crippen molar-refractivity contribution in [1.82, 2.24) is 10.2 Å². The van der Waals surface area contributed by atoms with E-state index in [0.29, 0.717) is 18.8 Å². The monoisotopic (exact) mass is 303 g/mol. The molecule has 21 heavy (non-hydrogen) atoms. The Balaban J connectivity index is 1.76. The maximum absolute atomic E-state index is 12.5. The molecule has 3 rings (SSSR count). The Kier molecular flexibility index (Phi) is 3.55. The van der Waals surface area contributed by atoms with E-state index >= 15 is 0 Å². The molecule has 110 valence electrons. The lowest BCUT2D eigenvalue weighted by molar-refractivity contribution is -0.119. The first-order chi connectivity index (χ1) is 10.0. The number of nitrogen functional groups attached to an aromatic ring is 1. The van der Waals surface area contributed by atoms with Gasteiger partial charge in [0.1, 0.15) is 0 Å². The van der Waals surface area contributed by atoms with E-state index in [0.717, 1.165) is 21.4 Å². The van der Waals surface area contributed by atoms with Crippen molar-refractivity contribution in [3.63, 3.8) is 0 Å². The van der Waals surface area contributed by atoms with E-state index in [9.17, 15) is 9.59 Å². The number of benzene rings is 1. The molecule has 1 aliphatic heterocycles. The summed E-state index contributed by atoms with van der Waals surface area (Å²) >= 11 is 1.48. The first-order valence-electron chi connectivity index (χ1n) is 6.88. The summed E-state index contributed by atoms with van der Waals surface area (Å²) in [5.74, 6) is -0.0192. The van der Waals surface area contributed by atoms with Crippen molar-refractivity contribution in [1.29, 1.82) is 0 Å². The maximum atomic E-state index is 12.5. The number of hydrogen-bond donors (Lipinski definition) is 2. The number of carbonyl (C=O) groups excluding carboxylic acids is 2. The summed E-state index contributed by atoms with van der Waals surface area (Å²) in [6, 6.07) is 7.62. The quantitative estimate of drug-likeness (QED) is 0.831. The van der Waals surface area contributed by atoms with Gasteiger partial charge in [-0.3, -0.25) is 9.59 Å². The molecular weight excluding hydrogens is 286 g/mol. The molecule has 0 bridgehead atoms. The van der Waals surface area contributed by atoms with Crippen LogP contribution >= 0.6 is 11.3 Å². The average Bonchev–Trinajstić information content (AvgIpc) is 3.03. The van der Waals surface area contributed by atoms with Gasteiger partial charge in [-0.25, -0.2) is 0 Å². The normalized spacial score (nSPS) is 18.1. The largest absolute Gasteiger partial charge is 0.399 e. The fraction of sp³-hybridized carbons (Fsp3) is 0.333. The van der Waals surface area contributed by atoms with Gasteiger partial charge in [-0.1, -0.05) is 0 Å². The Morgan fingerprint density at radius 2 is 2.19 bits per heavy atom. The minimum Gasteiger partial charge on any atom is -0.399 e. The summed E-state index contributed by atoms with van der Waals surface area (Å²) in [7, 11) is 0. The van der Waals surface area contributed by atoms with Crippen LogP contribution < -0.4 is 11.1 Å². The molecule has 1 saturated heterocycles. The highest BCUT2D eigenvalue weighted by atomic mass is 32.1. The van der Waals surface area contributed by atoms with Gasteiger partial charge in [0.05, 0.1) is 4.88 Å². The Morgan fingerprint density at radius 3 is 2.95 bits per heavy atom. The second-order valence-corrected chi connectivity index (χ2v) is 6.43. The van der Waals surface area contributed by atoms with E-state index in [1.165, 1.54) is 18.3 Å². The molecule has 6 heteroatoms. The van der Waals surface area contributed by atoms with Crippen LogP contribution in [0.5, 0.6) is 0 Å². The van der Waals surface area contributed by atoms with Crippen molar-refractivity contribution in [2.24, 2.45) is 0 Å². The van der Waals surface area contributed by atoms with Crippen molar-refractivity contribution in [3.8, 4) is 0 Å². The summed E-state index contributed by atoms with van der Waals surface area (Å²) in [6.45, 7) is 2.76. The molecular formula is C15H17N3O2S. The van der Waals surface area contributed by atoms with Crippen LogP contribution in [0.2, 0.25) is 0 Å². The van der Waals surface area contributed by atoms with E-state index < -0.39 is 0 Å². The number of thiophene rings is 1. The molecule has 0 spiro atoms. The molecule has 1 aromatic heterocycles. The fourth-order valence-electron chi connectivity index (χ4n) is 2.67. The van der Waals surface area contributed by atoms with Gasteiger partial charge in [0.2, 0.25) is 5.91 Å². The summed E-state index contributed by atoms with van der Waals surface area (Å²) in [5, 5.41) is 3.87. The molecule has 1 aromatic carbocycles. The van der Waals surface area contributed by atoms with Crippen LogP contribution in [0.1, 0.15) is 23.0 Å². The van der Waals surface area contributed by atoms with Crippen molar-refractivity contribution in [3.05, 3.63) is 29.1 Å². The van der Waals surface area contributed by atoms with E-state index in [1.54, 1.807) is 4.90 Å². The van der Waals surface area contributed by atoms with Gasteiger partial charge >= 0.3 is 0 Å². The Hall–Kier alpha value is -2.08. The number of fused-ring (bicyclic) bond motifs is 1. The third-order valence-electron chi connectivity index (χ3n) is 3.63. The van der Waals surface area contributed by atoms with Crippen LogP contribution in [0, 0.1) is 0 Å². The van der Waals surface area contributed by atoms with E-state index in [4.69, 9.17) is 5.73 Å². The molecule has 1 fully saturated rings. The van der Waals surface area contributed by atoms with Crippen LogP contribution in [0.3, 0.4) is 0 Å². The minimum absolute atomic E-state index is 0.0302. The lowest BCUT2D eigenvalue weighted by Crippen LogP contribution is -2.37. The Labute approximate surface area is 126 Å². The Bertz CT molecular complexity index is 710. The van der Waals surface area contributed by atoms with Crippen LogP contribution in [-0.2, 0) is 4.79 Å².